The number of nitrogens with two attached hydrogens (primary N) is 1. The van der Waals surface area contributed by atoms with Crippen LogP contribution in [0.4, 0.5) is 4.79 Å². The third kappa shape index (κ3) is 12.7. The first-order valence-corrected chi connectivity index (χ1v) is 14.5. The number of aromatic nitrogens is 2. The maximum Gasteiger partial charge on any atom is 0.408 e. The van der Waals surface area contributed by atoms with E-state index < -0.39 is 35.7 Å². The fraction of sp³-hybridized carbons (Fsp3) is 0.364. The summed E-state index contributed by atoms with van der Waals surface area (Å²) in [5.41, 5.74) is 7.37. The van der Waals surface area contributed by atoms with E-state index in [1.54, 1.807) is 20.8 Å². The van der Waals surface area contributed by atoms with Gasteiger partial charge in [0.1, 0.15) is 30.2 Å². The first-order valence-electron chi connectivity index (χ1n) is 14.5. The van der Waals surface area contributed by atoms with Crippen molar-refractivity contribution in [1.29, 1.82) is 0 Å². The lowest BCUT2D eigenvalue weighted by Gasteiger charge is -2.22. The van der Waals surface area contributed by atoms with Gasteiger partial charge in [-0.05, 0) is 31.9 Å². The van der Waals surface area contributed by atoms with Crippen molar-refractivity contribution in [2.45, 2.75) is 51.7 Å². The number of benzene rings is 2. The Kier molecular flexibility index (Phi) is 14.1. The number of hydrogen-bond donors (Lipinski definition) is 2. The van der Waals surface area contributed by atoms with Crippen LogP contribution in [0.25, 0.3) is 0 Å². The number of methoxy groups -OCH3 is 2. The number of oxazole rings is 2. The van der Waals surface area contributed by atoms with Gasteiger partial charge in [0.25, 0.3) is 0 Å². The minimum absolute atomic E-state index is 0.00606. The molecule has 2 aromatic heterocycles. The lowest BCUT2D eigenvalue weighted by atomic mass is 10.2. The Morgan fingerprint density at radius 3 is 1.72 bits per heavy atom. The number of nitrogens with one attached hydrogen (secondary N) is 1. The maximum atomic E-state index is 12.1. The van der Waals surface area contributed by atoms with Gasteiger partial charge < -0.3 is 43.6 Å². The minimum atomic E-state index is -0.734. The Labute approximate surface area is 272 Å². The summed E-state index contributed by atoms with van der Waals surface area (Å²) in [7, 11) is 2.52. The van der Waals surface area contributed by atoms with Crippen LogP contribution in [0.2, 0.25) is 0 Å². The molecule has 2 aromatic carbocycles. The molecule has 14 nitrogen and oxygen atoms in total. The number of rotatable bonds is 13. The molecule has 0 bridgehead atoms. The quantitative estimate of drug-likeness (QED) is 0.146. The highest BCUT2D eigenvalue weighted by Gasteiger charge is 2.25. The minimum Gasteiger partial charge on any atom is -0.464 e. The molecule has 0 saturated heterocycles. The van der Waals surface area contributed by atoms with Crippen molar-refractivity contribution < 1.29 is 46.9 Å². The van der Waals surface area contributed by atoms with Crippen LogP contribution in [0.15, 0.2) is 82.0 Å². The van der Waals surface area contributed by atoms with E-state index in [2.05, 4.69) is 24.8 Å². The maximum absolute atomic E-state index is 12.1. The molecular weight excluding hydrogens is 612 g/mol. The predicted molar refractivity (Wildman–Crippen MR) is 167 cm³/mol. The summed E-state index contributed by atoms with van der Waals surface area (Å²) >= 11 is 0. The number of alkyl carbamates (subject to hydrolysis) is 1. The first-order chi connectivity index (χ1) is 22.5. The Balaban J connectivity index is 0.000000267. The zero-order valence-electron chi connectivity index (χ0n) is 27.0. The summed E-state index contributed by atoms with van der Waals surface area (Å²) in [6.07, 6.45) is 1.74. The van der Waals surface area contributed by atoms with Gasteiger partial charge in [-0.3, -0.25) is 0 Å². The van der Waals surface area contributed by atoms with Crippen LogP contribution in [0.3, 0.4) is 0 Å². The van der Waals surface area contributed by atoms with Gasteiger partial charge in [-0.1, -0.05) is 60.7 Å². The molecule has 0 aliphatic carbocycles. The van der Waals surface area contributed by atoms with Gasteiger partial charge in [0.05, 0.1) is 40.6 Å². The first kappa shape index (κ1) is 36.4. The van der Waals surface area contributed by atoms with E-state index in [0.717, 1.165) is 11.1 Å². The Bertz CT molecular complexity index is 1530. The zero-order valence-corrected chi connectivity index (χ0v) is 27.0. The Hall–Kier alpha value is -5.05. The van der Waals surface area contributed by atoms with Crippen molar-refractivity contribution in [1.82, 2.24) is 15.3 Å². The third-order valence-electron chi connectivity index (χ3n) is 5.94. The van der Waals surface area contributed by atoms with E-state index in [1.165, 1.54) is 26.7 Å². The molecule has 2 unspecified atom stereocenters. The molecule has 0 aliphatic heterocycles. The van der Waals surface area contributed by atoms with Crippen LogP contribution >= 0.6 is 0 Å². The summed E-state index contributed by atoms with van der Waals surface area (Å²) in [5, 5.41) is 2.65. The van der Waals surface area contributed by atoms with E-state index in [9.17, 15) is 14.4 Å². The van der Waals surface area contributed by atoms with Gasteiger partial charge in [0.15, 0.2) is 11.4 Å². The van der Waals surface area contributed by atoms with E-state index in [4.69, 9.17) is 28.8 Å². The van der Waals surface area contributed by atoms with E-state index in [-0.39, 0.29) is 36.4 Å². The van der Waals surface area contributed by atoms with Crippen molar-refractivity contribution >= 4 is 18.0 Å². The molecule has 0 aliphatic rings. The molecule has 3 N–H and O–H groups in total. The van der Waals surface area contributed by atoms with Crippen LogP contribution in [0, 0.1) is 0 Å². The number of hydrogen-bond acceptors (Lipinski definition) is 13. The lowest BCUT2D eigenvalue weighted by molar-refractivity contribution is 0.0404. The topological polar surface area (TPSA) is 187 Å². The molecule has 2 atom stereocenters. The second-order valence-corrected chi connectivity index (χ2v) is 10.9. The zero-order chi connectivity index (χ0) is 34.2. The highest BCUT2D eigenvalue weighted by Crippen LogP contribution is 2.17. The largest absolute Gasteiger partial charge is 0.464 e. The van der Waals surface area contributed by atoms with E-state index in [1.807, 2.05) is 60.7 Å². The molecule has 47 heavy (non-hydrogen) atoms. The Morgan fingerprint density at radius 2 is 1.23 bits per heavy atom. The van der Waals surface area contributed by atoms with Gasteiger partial charge in [-0.15, -0.1) is 0 Å². The van der Waals surface area contributed by atoms with Crippen LogP contribution in [-0.2, 0) is 36.9 Å². The molecular formula is C33H40N4O10. The van der Waals surface area contributed by atoms with Gasteiger partial charge in [0, 0.05) is 0 Å². The summed E-state index contributed by atoms with van der Waals surface area (Å²) in [6, 6.07) is 18.1. The average Bonchev–Trinajstić information content (AvgIpc) is 3.75. The predicted octanol–water partition coefficient (Wildman–Crippen LogP) is 4.92. The van der Waals surface area contributed by atoms with E-state index in [0.29, 0.717) is 13.2 Å². The number of ether oxygens (including phenoxy) is 5. The number of nitrogens with zero attached hydrogens (tertiary/aromatic N) is 2. The van der Waals surface area contributed by atoms with Gasteiger partial charge >= 0.3 is 18.0 Å². The van der Waals surface area contributed by atoms with Crippen molar-refractivity contribution in [3.05, 3.63) is 107 Å². The van der Waals surface area contributed by atoms with Crippen molar-refractivity contribution in [2.75, 3.05) is 27.4 Å². The molecule has 4 rings (SSSR count). The third-order valence-corrected chi connectivity index (χ3v) is 5.94. The SMILES string of the molecule is COC(=O)c1coc(C(COCc2ccccc2)NC(=O)OC(C)(C)C)n1.COC(=O)c1coc(C(N)COCc2ccccc2)n1. The second-order valence-electron chi connectivity index (χ2n) is 10.9. The second kappa shape index (κ2) is 18.2. The molecule has 4 aromatic rings. The molecule has 1 amide bonds. The summed E-state index contributed by atoms with van der Waals surface area (Å²) in [5.74, 6) is -0.823. The standard InChI is InChI=1S/C19H24N2O6.C14H16N2O4/c1-19(2,3)27-18(23)21-14(11-25-10-13-8-6-5-7-9-13)16-20-15(12-26-16)17(22)24-4;1-18-14(17)12-9-20-13(16-12)11(15)8-19-7-10-5-3-2-4-6-10/h5-9,12,14H,10-11H2,1-4H3,(H,21,23);2-6,9,11H,7-8,15H2,1H3. The Morgan fingerprint density at radius 1 is 0.766 bits per heavy atom. The monoisotopic (exact) mass is 652 g/mol. The van der Waals surface area contributed by atoms with Crippen LogP contribution in [-0.4, -0.2) is 61.0 Å². The van der Waals surface area contributed by atoms with Crippen LogP contribution < -0.4 is 11.1 Å². The van der Waals surface area contributed by atoms with Gasteiger partial charge in [-0.2, -0.15) is 0 Å². The fourth-order valence-electron chi connectivity index (χ4n) is 3.74. The lowest BCUT2D eigenvalue weighted by Crippen LogP contribution is -2.36. The van der Waals surface area contributed by atoms with Gasteiger partial charge in [0.2, 0.25) is 11.8 Å². The summed E-state index contributed by atoms with van der Waals surface area (Å²) < 4.78 is 36.0. The van der Waals surface area contributed by atoms with Crippen LogP contribution in [0.1, 0.15) is 76.7 Å². The molecule has 14 heteroatoms. The molecule has 0 radical (unpaired) electrons. The van der Waals surface area contributed by atoms with Crippen molar-refractivity contribution in [3.8, 4) is 0 Å². The van der Waals surface area contributed by atoms with Gasteiger partial charge in [-0.25, -0.2) is 24.4 Å². The summed E-state index contributed by atoms with van der Waals surface area (Å²) in [4.78, 5) is 42.9. The number of carbonyl (C=O) groups is 3. The highest BCUT2D eigenvalue weighted by molar-refractivity contribution is 5.87. The molecule has 0 saturated carbocycles. The van der Waals surface area contributed by atoms with Crippen molar-refractivity contribution in [3.63, 3.8) is 0 Å². The molecule has 2 heterocycles. The van der Waals surface area contributed by atoms with E-state index >= 15 is 0 Å². The number of carbonyl (C=O) groups excluding carboxylic acids is 3. The van der Waals surface area contributed by atoms with Crippen molar-refractivity contribution in [2.24, 2.45) is 5.73 Å². The average molecular weight is 653 g/mol. The molecule has 0 spiro atoms. The van der Waals surface area contributed by atoms with Crippen LogP contribution in [0.5, 0.6) is 0 Å². The number of amides is 1. The normalized spacial score (nSPS) is 12.2. The highest BCUT2D eigenvalue weighted by atomic mass is 16.6. The molecule has 252 valence electrons. The number of esters is 2. The molecule has 0 fully saturated rings. The summed E-state index contributed by atoms with van der Waals surface area (Å²) in [6.45, 7) is 6.40. The smallest absolute Gasteiger partial charge is 0.408 e. The fourth-order valence-corrected chi connectivity index (χ4v) is 3.74.